The van der Waals surface area contributed by atoms with Gasteiger partial charge in [0, 0.05) is 17.3 Å². The van der Waals surface area contributed by atoms with Crippen molar-refractivity contribution in [1.29, 1.82) is 0 Å². The van der Waals surface area contributed by atoms with Crippen molar-refractivity contribution in [3.8, 4) is 11.3 Å². The van der Waals surface area contributed by atoms with Gasteiger partial charge >= 0.3 is 5.97 Å². The van der Waals surface area contributed by atoms with E-state index in [1.54, 1.807) is 40.9 Å². The number of nitrogens with two attached hydrogens (primary N) is 1. The number of hydrogen-bond donors (Lipinski definition) is 2. The summed E-state index contributed by atoms with van der Waals surface area (Å²) in [5.74, 6) is -0.638. The monoisotopic (exact) mass is 268 g/mol. The van der Waals surface area contributed by atoms with Gasteiger partial charge in [-0.1, -0.05) is 18.2 Å². The summed E-state index contributed by atoms with van der Waals surface area (Å²) in [6.07, 6.45) is 0. The van der Waals surface area contributed by atoms with E-state index in [-0.39, 0.29) is 5.56 Å². The zero-order valence-electron chi connectivity index (χ0n) is 10.7. The van der Waals surface area contributed by atoms with Crippen LogP contribution in [0.15, 0.2) is 36.4 Å². The molecule has 3 rings (SSSR count). The van der Waals surface area contributed by atoms with E-state index >= 15 is 0 Å². The Labute approximate surface area is 114 Å². The first-order valence-corrected chi connectivity index (χ1v) is 6.02. The number of anilines is 1. The zero-order valence-corrected chi connectivity index (χ0v) is 10.7. The molecule has 0 aliphatic carbocycles. The lowest BCUT2D eigenvalue weighted by atomic mass is 10.0. The lowest BCUT2D eigenvalue weighted by Gasteiger charge is -2.09. The average molecular weight is 268 g/mol. The summed E-state index contributed by atoms with van der Waals surface area (Å²) < 4.78 is 1.56. The Balaban J connectivity index is 2.37. The maximum atomic E-state index is 11.4. The van der Waals surface area contributed by atoms with Gasteiger partial charge in [-0.05, 0) is 19.1 Å². The number of nitrogen functional groups attached to an aromatic ring is 1. The number of carbonyl (C=O) groups is 1. The number of fused-ring (bicyclic) bond motifs is 1. The maximum absolute atomic E-state index is 11.4. The number of aromatic carboxylic acids is 1. The number of hydrogen-bond acceptors (Lipinski definition) is 4. The highest BCUT2D eigenvalue weighted by molar-refractivity contribution is 5.95. The normalized spacial score (nSPS) is 10.8. The number of nitrogens with zero attached hydrogens (tertiary/aromatic N) is 3. The van der Waals surface area contributed by atoms with Crippen molar-refractivity contribution in [2.45, 2.75) is 6.92 Å². The lowest BCUT2D eigenvalue weighted by molar-refractivity contribution is 0.0697. The van der Waals surface area contributed by atoms with E-state index in [0.29, 0.717) is 22.7 Å². The Hall–Kier alpha value is -2.89. The van der Waals surface area contributed by atoms with Crippen molar-refractivity contribution in [2.24, 2.45) is 0 Å². The number of carboxylic acid groups (broad SMARTS) is 1. The van der Waals surface area contributed by atoms with Crippen molar-refractivity contribution in [3.63, 3.8) is 0 Å². The van der Waals surface area contributed by atoms with E-state index < -0.39 is 5.97 Å². The molecule has 0 bridgehead atoms. The van der Waals surface area contributed by atoms with Crippen LogP contribution in [0.5, 0.6) is 0 Å². The molecule has 2 aromatic heterocycles. The van der Waals surface area contributed by atoms with Gasteiger partial charge in [0.05, 0.1) is 11.3 Å². The number of rotatable bonds is 2. The van der Waals surface area contributed by atoms with Crippen molar-refractivity contribution in [2.75, 3.05) is 5.73 Å². The summed E-state index contributed by atoms with van der Waals surface area (Å²) in [6, 6.07) is 10.2. The second kappa shape index (κ2) is 4.34. The van der Waals surface area contributed by atoms with Gasteiger partial charge in [0.25, 0.3) is 0 Å². The van der Waals surface area contributed by atoms with Crippen LogP contribution in [0.3, 0.4) is 0 Å². The first-order valence-electron chi connectivity index (χ1n) is 6.02. The van der Waals surface area contributed by atoms with Gasteiger partial charge in [0.2, 0.25) is 0 Å². The molecule has 1 aromatic carbocycles. The van der Waals surface area contributed by atoms with E-state index in [4.69, 9.17) is 5.73 Å². The van der Waals surface area contributed by atoms with Crippen LogP contribution in [-0.2, 0) is 0 Å². The third-order valence-corrected chi connectivity index (χ3v) is 3.01. The number of carboxylic acids is 1. The first-order chi connectivity index (χ1) is 9.56. The smallest absolute Gasteiger partial charge is 0.336 e. The highest BCUT2D eigenvalue weighted by Gasteiger charge is 2.15. The molecule has 2 heterocycles. The molecular formula is C14H12N4O2. The van der Waals surface area contributed by atoms with Gasteiger partial charge in [-0.15, -0.1) is 5.10 Å². The Kier molecular flexibility index (Phi) is 2.64. The van der Waals surface area contributed by atoms with Crippen LogP contribution in [-0.4, -0.2) is 25.7 Å². The summed E-state index contributed by atoms with van der Waals surface area (Å²) in [5, 5.41) is 13.5. The molecule has 0 saturated heterocycles. The molecular weight excluding hydrogens is 256 g/mol. The minimum Gasteiger partial charge on any atom is -0.478 e. The van der Waals surface area contributed by atoms with Crippen LogP contribution in [0.25, 0.3) is 16.9 Å². The fraction of sp³-hybridized carbons (Fsp3) is 0.0714. The van der Waals surface area contributed by atoms with E-state index in [2.05, 4.69) is 10.1 Å². The topological polar surface area (TPSA) is 93.5 Å². The Morgan fingerprint density at radius 2 is 2.05 bits per heavy atom. The van der Waals surface area contributed by atoms with Crippen molar-refractivity contribution >= 4 is 17.4 Å². The zero-order chi connectivity index (χ0) is 14.3. The molecule has 0 unspecified atom stereocenters. The van der Waals surface area contributed by atoms with E-state index in [0.717, 1.165) is 5.69 Å². The van der Waals surface area contributed by atoms with Crippen LogP contribution < -0.4 is 5.73 Å². The second-order valence-corrected chi connectivity index (χ2v) is 4.47. The summed E-state index contributed by atoms with van der Waals surface area (Å²) in [7, 11) is 0. The fourth-order valence-corrected chi connectivity index (χ4v) is 2.20. The Bertz CT molecular complexity index is 823. The molecule has 3 N–H and O–H groups in total. The molecule has 0 saturated carbocycles. The van der Waals surface area contributed by atoms with Gasteiger partial charge in [0.15, 0.2) is 5.65 Å². The van der Waals surface area contributed by atoms with Crippen molar-refractivity contribution in [1.82, 2.24) is 14.6 Å². The summed E-state index contributed by atoms with van der Waals surface area (Å²) in [6.45, 7) is 1.84. The maximum Gasteiger partial charge on any atom is 0.336 e. The second-order valence-electron chi connectivity index (χ2n) is 4.47. The standard InChI is InChI=1S/C14H12N4O2/c1-8-6-11(18-13(16-8)7-12(15)17-18)9-4-2-3-5-10(9)14(19)20/h2-7H,1H3,(H2,15,17)(H,19,20). The van der Waals surface area contributed by atoms with Crippen LogP contribution >= 0.6 is 0 Å². The predicted molar refractivity (Wildman–Crippen MR) is 74.5 cm³/mol. The largest absolute Gasteiger partial charge is 0.478 e. The minimum atomic E-state index is -0.983. The van der Waals surface area contributed by atoms with Gasteiger partial charge in [0.1, 0.15) is 5.82 Å². The van der Waals surface area contributed by atoms with Crippen LogP contribution in [0, 0.1) is 6.92 Å². The minimum absolute atomic E-state index is 0.216. The number of aryl methyl sites for hydroxylation is 1. The highest BCUT2D eigenvalue weighted by Crippen LogP contribution is 2.25. The van der Waals surface area contributed by atoms with Crippen LogP contribution in [0.4, 0.5) is 5.82 Å². The van der Waals surface area contributed by atoms with Crippen molar-refractivity contribution < 1.29 is 9.90 Å². The molecule has 0 radical (unpaired) electrons. The van der Waals surface area contributed by atoms with Gasteiger partial charge in [-0.25, -0.2) is 14.3 Å². The molecule has 0 amide bonds. The Morgan fingerprint density at radius 3 is 2.80 bits per heavy atom. The van der Waals surface area contributed by atoms with E-state index in [1.807, 2.05) is 6.92 Å². The molecule has 6 heteroatoms. The third-order valence-electron chi connectivity index (χ3n) is 3.01. The molecule has 20 heavy (non-hydrogen) atoms. The molecule has 0 spiro atoms. The summed E-state index contributed by atoms with van der Waals surface area (Å²) in [4.78, 5) is 15.7. The summed E-state index contributed by atoms with van der Waals surface area (Å²) in [5.41, 5.74) is 8.52. The first kappa shape index (κ1) is 12.2. The molecule has 0 atom stereocenters. The molecule has 100 valence electrons. The molecule has 0 aliphatic heterocycles. The summed E-state index contributed by atoms with van der Waals surface area (Å²) >= 11 is 0. The quantitative estimate of drug-likeness (QED) is 0.741. The average Bonchev–Trinajstić information content (AvgIpc) is 2.77. The van der Waals surface area contributed by atoms with Gasteiger partial charge < -0.3 is 10.8 Å². The van der Waals surface area contributed by atoms with Gasteiger partial charge in [-0.2, -0.15) is 0 Å². The van der Waals surface area contributed by atoms with Crippen molar-refractivity contribution in [3.05, 3.63) is 47.7 Å². The molecule has 6 nitrogen and oxygen atoms in total. The predicted octanol–water partition coefficient (Wildman–Crippen LogP) is 1.99. The number of aromatic nitrogens is 3. The van der Waals surface area contributed by atoms with Crippen LogP contribution in [0.2, 0.25) is 0 Å². The molecule has 0 aliphatic rings. The van der Waals surface area contributed by atoms with E-state index in [1.165, 1.54) is 0 Å². The SMILES string of the molecule is Cc1cc(-c2ccccc2C(=O)O)n2nc(N)cc2n1. The molecule has 0 fully saturated rings. The lowest BCUT2D eigenvalue weighted by Crippen LogP contribution is -2.04. The van der Waals surface area contributed by atoms with E-state index in [9.17, 15) is 9.90 Å². The van der Waals surface area contributed by atoms with Crippen LogP contribution in [0.1, 0.15) is 16.1 Å². The fourth-order valence-electron chi connectivity index (χ4n) is 2.20. The number of benzene rings is 1. The third kappa shape index (κ3) is 1.87. The Morgan fingerprint density at radius 1 is 1.30 bits per heavy atom. The highest BCUT2D eigenvalue weighted by atomic mass is 16.4. The molecule has 3 aromatic rings. The van der Waals surface area contributed by atoms with Gasteiger partial charge in [-0.3, -0.25) is 0 Å².